The predicted molar refractivity (Wildman–Crippen MR) is 291 cm³/mol. The average Bonchev–Trinajstić information content (AvgIpc) is 3.92. The maximum absolute atomic E-state index is 11.5. The third-order valence-corrected chi connectivity index (χ3v) is 13.5. The van der Waals surface area contributed by atoms with Gasteiger partial charge in [0.15, 0.2) is 0 Å². The first kappa shape index (κ1) is 57.2. The van der Waals surface area contributed by atoms with Crippen molar-refractivity contribution in [1.29, 1.82) is 0 Å². The van der Waals surface area contributed by atoms with Crippen molar-refractivity contribution in [3.05, 3.63) is 197 Å². The molecule has 6 nitrogen and oxygen atoms in total. The Morgan fingerprint density at radius 2 is 0.667 bits per heavy atom. The van der Waals surface area contributed by atoms with E-state index in [1.165, 1.54) is 106 Å². The zero-order valence-corrected chi connectivity index (χ0v) is 43.8. The van der Waals surface area contributed by atoms with Crippen molar-refractivity contribution < 1.29 is 19.2 Å². The van der Waals surface area contributed by atoms with E-state index in [4.69, 9.17) is 0 Å². The molecule has 2 aliphatic heterocycles. The van der Waals surface area contributed by atoms with Crippen LogP contribution >= 0.6 is 0 Å². The Labute approximate surface area is 417 Å². The molecular formula is C63H82N2O4. The van der Waals surface area contributed by atoms with Crippen LogP contribution in [-0.2, 0) is 32.1 Å². The molecule has 5 atom stereocenters. The van der Waals surface area contributed by atoms with E-state index in [-0.39, 0.29) is 23.6 Å². The highest BCUT2D eigenvalue weighted by molar-refractivity contribution is 6.28. The van der Waals surface area contributed by atoms with Gasteiger partial charge in [0.2, 0.25) is 0 Å². The van der Waals surface area contributed by atoms with Gasteiger partial charge in [-0.2, -0.15) is 0 Å². The monoisotopic (exact) mass is 931 g/mol. The minimum absolute atomic E-state index is 0.231. The molecule has 5 unspecified atom stereocenters. The summed E-state index contributed by atoms with van der Waals surface area (Å²) in [5, 5.41) is 0. The van der Waals surface area contributed by atoms with Crippen molar-refractivity contribution in [2.45, 2.75) is 164 Å². The first-order valence-electron chi connectivity index (χ1n) is 25.7. The first-order valence-corrected chi connectivity index (χ1v) is 25.7. The molecule has 5 aromatic rings. The van der Waals surface area contributed by atoms with E-state index in [1.807, 2.05) is 36.4 Å². The largest absolute Gasteiger partial charge is 0.271 e. The van der Waals surface area contributed by atoms with Gasteiger partial charge in [-0.05, 0) is 126 Å². The summed E-state index contributed by atoms with van der Waals surface area (Å²) in [6, 6.07) is 46.1. The molecule has 0 bridgehead atoms. The fraction of sp³-hybridized carbons (Fsp3) is 0.397. The zero-order chi connectivity index (χ0) is 50.7. The molecule has 0 saturated carbocycles. The minimum atomic E-state index is -0.272. The Morgan fingerprint density at radius 1 is 0.362 bits per heavy atom. The van der Waals surface area contributed by atoms with Crippen LogP contribution in [0.3, 0.4) is 0 Å². The fourth-order valence-electron chi connectivity index (χ4n) is 7.46. The van der Waals surface area contributed by atoms with Gasteiger partial charge in [-0.25, -0.2) is 4.90 Å². The standard InChI is InChI=1S/C15H17NO2.C14H15NO2.C14H22.2C10H14/c1-3-11(2)13-6-4-12(5-7-13)10-16-14(17)8-9-15(16)18;1-3-10(2)11-4-6-12(7-5-11)15-13(16)8-9-14(15)17;1-4-6-7-13-8-10-14(11-9-13)12(3)5-2;2*1-3-9(2)10-7-5-4-6-8-10/h4-9,11H,3,10H2,1-2H3;4-10H,3H2,1-2H3;8-12H,4-7H2,1-3H3;2*4-9H,3H2,1-2H3. The second-order valence-electron chi connectivity index (χ2n) is 18.5. The van der Waals surface area contributed by atoms with Gasteiger partial charge in [-0.15, -0.1) is 0 Å². The number of hydrogen-bond donors (Lipinski definition) is 0. The van der Waals surface area contributed by atoms with E-state index >= 15 is 0 Å². The molecule has 6 heteroatoms. The summed E-state index contributed by atoms with van der Waals surface area (Å²) in [6.45, 7) is 24.7. The van der Waals surface area contributed by atoms with Gasteiger partial charge in [0.05, 0.1) is 12.2 Å². The van der Waals surface area contributed by atoms with E-state index in [2.05, 4.69) is 173 Å². The molecule has 0 aromatic heterocycles. The number of amides is 4. The van der Waals surface area contributed by atoms with Gasteiger partial charge >= 0.3 is 0 Å². The molecule has 0 aliphatic carbocycles. The summed E-state index contributed by atoms with van der Waals surface area (Å²) in [5.41, 5.74) is 9.99. The van der Waals surface area contributed by atoms with Gasteiger partial charge in [-0.3, -0.25) is 24.1 Å². The Balaban J connectivity index is 0.000000233. The number of hydrogen-bond acceptors (Lipinski definition) is 4. The number of carbonyl (C=O) groups excluding carboxylic acids is 4. The molecule has 368 valence electrons. The Morgan fingerprint density at radius 3 is 1.00 bits per heavy atom. The number of benzene rings is 5. The third-order valence-electron chi connectivity index (χ3n) is 13.5. The molecule has 0 radical (unpaired) electrons. The van der Waals surface area contributed by atoms with Gasteiger partial charge in [0.25, 0.3) is 23.6 Å². The van der Waals surface area contributed by atoms with Crippen LogP contribution in [0.15, 0.2) is 158 Å². The lowest BCUT2D eigenvalue weighted by Crippen LogP contribution is -2.29. The number of imide groups is 2. The Bertz CT molecular complexity index is 2230. The summed E-state index contributed by atoms with van der Waals surface area (Å²) in [7, 11) is 0. The molecule has 0 fully saturated rings. The number of nitrogens with zero attached hydrogens (tertiary/aromatic N) is 2. The zero-order valence-electron chi connectivity index (χ0n) is 43.8. The van der Waals surface area contributed by atoms with E-state index in [1.54, 1.807) is 0 Å². The molecule has 5 aromatic carbocycles. The van der Waals surface area contributed by atoms with Gasteiger partial charge in [0, 0.05) is 24.3 Å². The van der Waals surface area contributed by atoms with Crippen LogP contribution in [0, 0.1) is 0 Å². The van der Waals surface area contributed by atoms with Crippen molar-refractivity contribution >= 4 is 29.3 Å². The second kappa shape index (κ2) is 31.1. The van der Waals surface area contributed by atoms with E-state index < -0.39 is 0 Å². The summed E-state index contributed by atoms with van der Waals surface area (Å²) in [4.78, 5) is 48.2. The van der Waals surface area contributed by atoms with Crippen LogP contribution < -0.4 is 4.90 Å². The summed E-state index contributed by atoms with van der Waals surface area (Å²) < 4.78 is 0. The summed E-state index contributed by atoms with van der Waals surface area (Å²) in [5.74, 6) is 2.15. The lowest BCUT2D eigenvalue weighted by molar-refractivity contribution is -0.137. The third kappa shape index (κ3) is 19.1. The summed E-state index contributed by atoms with van der Waals surface area (Å²) >= 11 is 0. The number of rotatable bonds is 16. The number of anilines is 1. The van der Waals surface area contributed by atoms with Crippen LogP contribution in [-0.4, -0.2) is 28.5 Å². The summed E-state index contributed by atoms with van der Waals surface area (Å²) in [6.07, 6.45) is 14.9. The highest BCUT2D eigenvalue weighted by atomic mass is 16.2. The maximum atomic E-state index is 11.5. The molecule has 2 heterocycles. The van der Waals surface area contributed by atoms with Crippen LogP contribution in [0.1, 0.15) is 190 Å². The fourth-order valence-corrected chi connectivity index (χ4v) is 7.46. The van der Waals surface area contributed by atoms with Crippen molar-refractivity contribution in [3.63, 3.8) is 0 Å². The van der Waals surface area contributed by atoms with E-state index in [0.29, 0.717) is 41.8 Å². The molecule has 0 spiro atoms. The Kier molecular flexibility index (Phi) is 25.8. The second-order valence-corrected chi connectivity index (χ2v) is 18.5. The molecule has 0 N–H and O–H groups in total. The maximum Gasteiger partial charge on any atom is 0.258 e. The molecule has 0 saturated heterocycles. The highest BCUT2D eigenvalue weighted by Crippen LogP contribution is 2.25. The smallest absolute Gasteiger partial charge is 0.258 e. The van der Waals surface area contributed by atoms with E-state index in [0.717, 1.165) is 18.4 Å². The lowest BCUT2D eigenvalue weighted by Gasteiger charge is -2.15. The van der Waals surface area contributed by atoms with Crippen LogP contribution in [0.5, 0.6) is 0 Å². The molecule has 7 rings (SSSR count). The van der Waals surface area contributed by atoms with Crippen LogP contribution in [0.25, 0.3) is 0 Å². The van der Waals surface area contributed by atoms with Gasteiger partial charge in [0.1, 0.15) is 0 Å². The average molecular weight is 931 g/mol. The van der Waals surface area contributed by atoms with Crippen LogP contribution in [0.4, 0.5) is 5.69 Å². The van der Waals surface area contributed by atoms with Crippen molar-refractivity contribution in [2.24, 2.45) is 0 Å². The first-order chi connectivity index (χ1) is 33.2. The topological polar surface area (TPSA) is 74.8 Å². The predicted octanol–water partition coefficient (Wildman–Crippen LogP) is 16.2. The van der Waals surface area contributed by atoms with Gasteiger partial charge < -0.3 is 0 Å². The van der Waals surface area contributed by atoms with Crippen LogP contribution in [0.2, 0.25) is 0 Å². The normalized spacial score (nSPS) is 14.8. The SMILES string of the molecule is CCC(C)c1ccc(CN2C(=O)C=CC2=O)cc1.CCC(C)c1ccc(N2C(=O)C=CC2=O)cc1.CCC(C)c1ccccc1.CCC(C)c1ccccc1.CCCCc1ccc(C(C)CC)cc1. The minimum Gasteiger partial charge on any atom is -0.271 e. The molecular weight excluding hydrogens is 849 g/mol. The van der Waals surface area contributed by atoms with Crippen molar-refractivity contribution in [3.8, 4) is 0 Å². The molecule has 2 aliphatic rings. The Hall–Kier alpha value is -6.14. The number of carbonyl (C=O) groups is 4. The quantitative estimate of drug-likeness (QED) is 0.0924. The highest BCUT2D eigenvalue weighted by Gasteiger charge is 2.25. The number of aryl methyl sites for hydroxylation is 1. The van der Waals surface area contributed by atoms with Gasteiger partial charge in [-0.1, -0.05) is 204 Å². The number of unbranched alkanes of at least 4 members (excludes halogenated alkanes) is 1. The van der Waals surface area contributed by atoms with Crippen molar-refractivity contribution in [1.82, 2.24) is 4.90 Å². The lowest BCUT2D eigenvalue weighted by atomic mass is 9.97. The molecule has 69 heavy (non-hydrogen) atoms. The van der Waals surface area contributed by atoms with Crippen molar-refractivity contribution in [2.75, 3.05) is 4.90 Å². The van der Waals surface area contributed by atoms with E-state index in [9.17, 15) is 19.2 Å². The molecule has 4 amide bonds.